The second kappa shape index (κ2) is 11.1. The number of amides is 1. The van der Waals surface area contributed by atoms with E-state index in [1.807, 2.05) is 42.5 Å². The van der Waals surface area contributed by atoms with E-state index in [2.05, 4.69) is 20.5 Å². The van der Waals surface area contributed by atoms with Gasteiger partial charge in [-0.15, -0.1) is 0 Å². The topological polar surface area (TPSA) is 144 Å². The molecule has 0 radical (unpaired) electrons. The molecule has 3 N–H and O–H groups in total. The van der Waals surface area contributed by atoms with Crippen molar-refractivity contribution in [1.82, 2.24) is 20.5 Å². The van der Waals surface area contributed by atoms with Gasteiger partial charge in [0.1, 0.15) is 0 Å². The highest BCUT2D eigenvalue weighted by Crippen LogP contribution is 2.58. The van der Waals surface area contributed by atoms with Crippen molar-refractivity contribution >= 4 is 17.4 Å². The van der Waals surface area contributed by atoms with Gasteiger partial charge in [-0.2, -0.15) is 18.2 Å². The molecule has 4 aliphatic rings. The van der Waals surface area contributed by atoms with Gasteiger partial charge in [0.25, 0.3) is 5.89 Å². The quantitative estimate of drug-likeness (QED) is 0.192. The number of fused-ring (bicyclic) bond motifs is 3. The van der Waals surface area contributed by atoms with Crippen molar-refractivity contribution in [3.05, 3.63) is 60.2 Å². The first-order chi connectivity index (χ1) is 22.6. The molecule has 2 aromatic carbocycles. The largest absolute Gasteiger partial charge is 0.417 e. The Kier molecular flexibility index (Phi) is 7.46. The number of nitrogens with zero attached hydrogens (tertiary/aromatic N) is 5. The maximum absolute atomic E-state index is 14.5. The lowest BCUT2D eigenvalue weighted by molar-refractivity contribution is -0.295. The Morgan fingerprint density at radius 2 is 1.58 bits per heavy atom. The van der Waals surface area contributed by atoms with Crippen molar-refractivity contribution in [2.75, 3.05) is 17.2 Å². The van der Waals surface area contributed by atoms with E-state index in [-0.39, 0.29) is 22.5 Å². The molecular formula is C34H36F4N6O4. The molecule has 10 nitrogen and oxygen atoms in total. The maximum Gasteiger partial charge on any atom is 0.417 e. The predicted octanol–water partition coefficient (Wildman–Crippen LogP) is 6.90. The third-order valence-corrected chi connectivity index (χ3v) is 10.8. The zero-order valence-corrected chi connectivity index (χ0v) is 26.6. The van der Waals surface area contributed by atoms with Gasteiger partial charge in [0, 0.05) is 29.1 Å². The number of carbonyl (C=O) groups is 1. The molecule has 4 fully saturated rings. The average molecular weight is 669 g/mol. The second-order valence-corrected chi connectivity index (χ2v) is 14.4. The van der Waals surface area contributed by atoms with Gasteiger partial charge in [0.15, 0.2) is 28.6 Å². The summed E-state index contributed by atoms with van der Waals surface area (Å²) < 4.78 is 65.1. The maximum atomic E-state index is 14.5. The summed E-state index contributed by atoms with van der Waals surface area (Å²) in [6, 6.07) is 14.8. The van der Waals surface area contributed by atoms with Crippen molar-refractivity contribution in [2.24, 2.45) is 11.3 Å². The third-order valence-electron chi connectivity index (χ3n) is 10.8. The number of halogens is 4. The van der Waals surface area contributed by atoms with Gasteiger partial charge in [-0.3, -0.25) is 4.79 Å². The van der Waals surface area contributed by atoms with Crippen LogP contribution in [-0.2, 0) is 15.9 Å². The van der Waals surface area contributed by atoms with Crippen LogP contribution in [0.1, 0.15) is 76.9 Å². The van der Waals surface area contributed by atoms with Crippen LogP contribution in [0.2, 0.25) is 0 Å². The van der Waals surface area contributed by atoms with Crippen LogP contribution in [0.4, 0.5) is 29.1 Å². The normalized spacial score (nSPS) is 27.1. The Morgan fingerprint density at radius 3 is 2.15 bits per heavy atom. The van der Waals surface area contributed by atoms with Gasteiger partial charge in [-0.05, 0) is 104 Å². The van der Waals surface area contributed by atoms with Crippen molar-refractivity contribution in [1.29, 1.82) is 0 Å². The molecule has 4 aromatic rings. The van der Waals surface area contributed by atoms with Crippen LogP contribution in [-0.4, -0.2) is 49.8 Å². The number of benzene rings is 2. The summed E-state index contributed by atoms with van der Waals surface area (Å²) in [5.41, 5.74) is 3.92. The molecule has 0 atom stereocenters. The molecular weight excluding hydrogens is 632 g/mol. The molecule has 8 rings (SSSR count). The van der Waals surface area contributed by atoms with Crippen molar-refractivity contribution in [2.45, 2.75) is 88.1 Å². The third kappa shape index (κ3) is 5.53. The summed E-state index contributed by atoms with van der Waals surface area (Å²) in [7, 11) is 0. The van der Waals surface area contributed by atoms with E-state index in [4.69, 9.17) is 14.9 Å². The van der Waals surface area contributed by atoms with E-state index < -0.39 is 42.1 Å². The lowest BCUT2D eigenvalue weighted by atomic mass is 9.53. The Labute approximate surface area is 273 Å². The molecule has 0 unspecified atom stereocenters. The minimum absolute atomic E-state index is 0.0563. The number of nitrogen functional groups attached to an aromatic ring is 1. The van der Waals surface area contributed by atoms with Gasteiger partial charge in [0.05, 0.1) is 0 Å². The minimum atomic E-state index is -4.81. The first kappa shape index (κ1) is 32.2. The molecule has 254 valence electrons. The van der Waals surface area contributed by atoms with E-state index in [1.54, 1.807) is 11.0 Å². The van der Waals surface area contributed by atoms with E-state index in [9.17, 15) is 27.5 Å². The molecule has 0 saturated heterocycles. The predicted molar refractivity (Wildman–Crippen MR) is 166 cm³/mol. The first-order valence-electron chi connectivity index (χ1n) is 16.0. The summed E-state index contributed by atoms with van der Waals surface area (Å²) in [4.78, 5) is 20.1. The summed E-state index contributed by atoms with van der Waals surface area (Å²) in [6.07, 6.45) is -1.80. The summed E-state index contributed by atoms with van der Waals surface area (Å²) >= 11 is 0. The molecule has 2 aromatic heterocycles. The van der Waals surface area contributed by atoms with Crippen LogP contribution >= 0.6 is 0 Å². The Balaban J connectivity index is 1.15. The number of aliphatic hydroxyl groups is 1. The molecule has 4 aliphatic carbocycles. The van der Waals surface area contributed by atoms with E-state index in [0.717, 1.165) is 49.7 Å². The van der Waals surface area contributed by atoms with E-state index >= 15 is 0 Å². The molecule has 0 spiro atoms. The van der Waals surface area contributed by atoms with Crippen molar-refractivity contribution in [3.8, 4) is 22.4 Å². The van der Waals surface area contributed by atoms with Gasteiger partial charge in [0.2, 0.25) is 5.91 Å². The number of carbonyl (C=O) groups excluding carboxylic acids is 1. The minimum Gasteiger partial charge on any atom is -0.380 e. The highest BCUT2D eigenvalue weighted by molar-refractivity contribution is 5.96. The summed E-state index contributed by atoms with van der Waals surface area (Å²) in [6.45, 7) is 3.06. The SMILES string of the molecule is CC(C)(F)c1nc(C23CCC(CN(c4cccc(-c5ccc(-c6nonc6N)cc5)c4)C(=O)[C@H]4C[C@](O)(C(F)(F)F)C4)(CC2)CC3)no1. The molecule has 0 aliphatic heterocycles. The van der Waals surface area contributed by atoms with Crippen LogP contribution in [0.25, 0.3) is 22.4 Å². The van der Waals surface area contributed by atoms with Gasteiger partial charge in [-0.1, -0.05) is 41.6 Å². The average Bonchev–Trinajstić information content (AvgIpc) is 3.73. The number of hydrogen-bond donors (Lipinski definition) is 2. The number of rotatable bonds is 8. The number of hydrogen-bond acceptors (Lipinski definition) is 9. The number of anilines is 2. The standard InChI is InChI=1S/C34H36F4N6O4/c1-30(2,35)29-40-28(43-47-29)32-13-10-31(11-14-32,12-15-32)19-44(27(45)23-17-33(46,18-23)34(36,37)38)24-5-3-4-22(16-24)20-6-8-21(9-7-20)25-26(39)42-48-41-25/h3-9,16,23,46H,10-15,17-19H2,1-2H3,(H2,39,42)/t23-,31?,32?,33+. The van der Waals surface area contributed by atoms with Crippen molar-refractivity contribution in [3.63, 3.8) is 0 Å². The van der Waals surface area contributed by atoms with Crippen LogP contribution in [0, 0.1) is 11.3 Å². The van der Waals surface area contributed by atoms with Crippen molar-refractivity contribution < 1.29 is 36.6 Å². The zero-order chi connectivity index (χ0) is 34.1. The smallest absolute Gasteiger partial charge is 0.380 e. The zero-order valence-electron chi connectivity index (χ0n) is 26.6. The Bertz CT molecular complexity index is 1800. The molecule has 14 heteroatoms. The molecule has 2 heterocycles. The fourth-order valence-electron chi connectivity index (χ4n) is 7.60. The highest BCUT2D eigenvalue weighted by atomic mass is 19.4. The monoisotopic (exact) mass is 668 g/mol. The number of aromatic nitrogens is 4. The van der Waals surface area contributed by atoms with Crippen LogP contribution in [0.15, 0.2) is 57.7 Å². The number of nitrogens with two attached hydrogens (primary N) is 1. The Hall–Kier alpha value is -4.33. The molecule has 2 bridgehead atoms. The second-order valence-electron chi connectivity index (χ2n) is 14.4. The molecule has 1 amide bonds. The lowest BCUT2D eigenvalue weighted by Gasteiger charge is -2.54. The van der Waals surface area contributed by atoms with E-state index in [1.165, 1.54) is 13.8 Å². The Morgan fingerprint density at radius 1 is 0.938 bits per heavy atom. The van der Waals surface area contributed by atoms with E-state index in [0.29, 0.717) is 29.3 Å². The molecule has 48 heavy (non-hydrogen) atoms. The molecule has 4 saturated carbocycles. The van der Waals surface area contributed by atoms with Crippen LogP contribution in [0.3, 0.4) is 0 Å². The lowest BCUT2D eigenvalue weighted by Crippen LogP contribution is -2.60. The highest BCUT2D eigenvalue weighted by Gasteiger charge is 2.63. The van der Waals surface area contributed by atoms with Gasteiger partial charge in [-0.25, -0.2) is 9.02 Å². The fourth-order valence-corrected chi connectivity index (χ4v) is 7.60. The number of alkyl halides is 4. The first-order valence-corrected chi connectivity index (χ1v) is 16.0. The summed E-state index contributed by atoms with van der Waals surface area (Å²) in [5, 5.41) is 21.8. The van der Waals surface area contributed by atoms with Crippen LogP contribution in [0.5, 0.6) is 0 Å². The van der Waals surface area contributed by atoms with Gasteiger partial charge < -0.3 is 20.3 Å². The fraction of sp³-hybridized carbons (Fsp3) is 0.500. The van der Waals surface area contributed by atoms with Gasteiger partial charge >= 0.3 is 6.18 Å². The van der Waals surface area contributed by atoms with Crippen LogP contribution < -0.4 is 10.6 Å². The summed E-state index contributed by atoms with van der Waals surface area (Å²) in [5.74, 6) is -0.786.